The molecular formula is C14H8O6. The minimum absolute atomic E-state index is 0.0213. The van der Waals surface area contributed by atoms with Crippen LogP contribution in [0, 0.1) is 0 Å². The average Bonchev–Trinajstić information content (AvgIpc) is 2.41. The monoisotopic (exact) mass is 272 g/mol. The molecule has 0 saturated carbocycles. The Labute approximate surface area is 112 Å². The molecule has 2 aromatic carbocycles. The molecule has 0 radical (unpaired) electrons. The minimum atomic E-state index is -0.885. The fourth-order valence-corrected chi connectivity index (χ4v) is 2.29. The molecule has 4 N–H and O–H groups in total. The van der Waals surface area contributed by atoms with Gasteiger partial charge in [-0.25, -0.2) is 0 Å². The predicted octanol–water partition coefficient (Wildman–Crippen LogP) is 1.28. The Balaban J connectivity index is 2.42. The summed E-state index contributed by atoms with van der Waals surface area (Å²) in [5, 5.41) is 38.4. The van der Waals surface area contributed by atoms with Gasteiger partial charge in [-0.2, -0.15) is 0 Å². The molecule has 0 saturated heterocycles. The Morgan fingerprint density at radius 1 is 0.700 bits per heavy atom. The number of rotatable bonds is 0. The van der Waals surface area contributed by atoms with Crippen molar-refractivity contribution in [1.29, 1.82) is 0 Å². The van der Waals surface area contributed by atoms with Crippen LogP contribution in [0.5, 0.6) is 23.0 Å². The normalized spacial score (nSPS) is 13.0. The Bertz CT molecular complexity index is 791. The first-order chi connectivity index (χ1) is 9.43. The van der Waals surface area contributed by atoms with Crippen LogP contribution in [0.4, 0.5) is 0 Å². The second-order valence-electron chi connectivity index (χ2n) is 4.37. The van der Waals surface area contributed by atoms with Crippen molar-refractivity contribution >= 4 is 11.6 Å². The molecule has 2 aromatic rings. The number of hydrogen-bond donors (Lipinski definition) is 4. The highest BCUT2D eigenvalue weighted by atomic mass is 16.3. The van der Waals surface area contributed by atoms with Crippen molar-refractivity contribution in [3.05, 3.63) is 46.5 Å². The molecule has 0 bridgehead atoms. The molecule has 0 amide bonds. The topological polar surface area (TPSA) is 115 Å². The largest absolute Gasteiger partial charge is 0.507 e. The molecule has 0 aliphatic heterocycles. The maximum absolute atomic E-state index is 12.3. The van der Waals surface area contributed by atoms with Gasteiger partial charge >= 0.3 is 0 Å². The quantitative estimate of drug-likeness (QED) is 0.458. The lowest BCUT2D eigenvalue weighted by atomic mass is 9.83. The van der Waals surface area contributed by atoms with E-state index >= 15 is 0 Å². The Hall–Kier alpha value is -3.02. The highest BCUT2D eigenvalue weighted by molar-refractivity contribution is 6.30. The molecule has 1 aliphatic rings. The second-order valence-corrected chi connectivity index (χ2v) is 4.37. The predicted molar refractivity (Wildman–Crippen MR) is 66.4 cm³/mol. The molecule has 3 rings (SSSR count). The number of phenols is 4. The summed E-state index contributed by atoms with van der Waals surface area (Å²) in [7, 11) is 0. The van der Waals surface area contributed by atoms with Crippen LogP contribution in [0.2, 0.25) is 0 Å². The summed E-state index contributed by atoms with van der Waals surface area (Å²) in [5.41, 5.74) is -0.905. The van der Waals surface area contributed by atoms with Gasteiger partial charge in [0.1, 0.15) is 5.75 Å². The average molecular weight is 272 g/mol. The fourth-order valence-electron chi connectivity index (χ4n) is 2.29. The van der Waals surface area contributed by atoms with Gasteiger partial charge in [-0.05, 0) is 12.1 Å². The van der Waals surface area contributed by atoms with Gasteiger partial charge in [0, 0.05) is 11.1 Å². The number of ketones is 2. The lowest BCUT2D eigenvalue weighted by molar-refractivity contribution is 0.0973. The summed E-state index contributed by atoms with van der Waals surface area (Å²) in [6, 6.07) is 4.92. The van der Waals surface area contributed by atoms with Crippen LogP contribution in [0.1, 0.15) is 31.8 Å². The molecule has 1 aliphatic carbocycles. The first kappa shape index (κ1) is 12.0. The molecule has 6 nitrogen and oxygen atoms in total. The maximum Gasteiger partial charge on any atom is 0.202 e. The zero-order valence-corrected chi connectivity index (χ0v) is 9.91. The summed E-state index contributed by atoms with van der Waals surface area (Å²) in [5.74, 6) is -4.28. The van der Waals surface area contributed by atoms with E-state index in [2.05, 4.69) is 0 Å². The molecule has 6 heteroatoms. The van der Waals surface area contributed by atoms with Crippen molar-refractivity contribution < 1.29 is 30.0 Å². The number of carbonyl (C=O) groups is 2. The van der Waals surface area contributed by atoms with E-state index in [1.54, 1.807) is 0 Å². The van der Waals surface area contributed by atoms with Gasteiger partial charge in [0.25, 0.3) is 0 Å². The van der Waals surface area contributed by atoms with E-state index in [1.807, 2.05) is 0 Å². The van der Waals surface area contributed by atoms with Gasteiger partial charge in [0.2, 0.25) is 11.5 Å². The van der Waals surface area contributed by atoms with Gasteiger partial charge in [-0.3, -0.25) is 9.59 Å². The summed E-state index contributed by atoms with van der Waals surface area (Å²) in [6.07, 6.45) is 0. The smallest absolute Gasteiger partial charge is 0.202 e. The molecule has 0 heterocycles. The minimum Gasteiger partial charge on any atom is -0.507 e. The van der Waals surface area contributed by atoms with Crippen LogP contribution in [-0.4, -0.2) is 32.0 Å². The Kier molecular flexibility index (Phi) is 2.25. The fraction of sp³-hybridized carbons (Fsp3) is 0. The van der Waals surface area contributed by atoms with E-state index in [0.29, 0.717) is 0 Å². The Morgan fingerprint density at radius 3 is 2.10 bits per heavy atom. The van der Waals surface area contributed by atoms with Crippen LogP contribution in [0.3, 0.4) is 0 Å². The van der Waals surface area contributed by atoms with Gasteiger partial charge in [-0.15, -0.1) is 0 Å². The summed E-state index contributed by atoms with van der Waals surface area (Å²) < 4.78 is 0. The lowest BCUT2D eigenvalue weighted by Crippen LogP contribution is -2.21. The van der Waals surface area contributed by atoms with E-state index in [9.17, 15) is 30.0 Å². The van der Waals surface area contributed by atoms with Crippen molar-refractivity contribution in [2.24, 2.45) is 0 Å². The van der Waals surface area contributed by atoms with Crippen LogP contribution in [-0.2, 0) is 0 Å². The molecule has 0 fully saturated rings. The van der Waals surface area contributed by atoms with E-state index in [0.717, 1.165) is 6.07 Å². The number of carbonyl (C=O) groups excluding carboxylic acids is 2. The summed E-state index contributed by atoms with van der Waals surface area (Å²) in [4.78, 5) is 24.5. The number of aromatic hydroxyl groups is 4. The zero-order valence-electron chi connectivity index (χ0n) is 9.91. The van der Waals surface area contributed by atoms with Crippen LogP contribution < -0.4 is 0 Å². The van der Waals surface area contributed by atoms with Crippen LogP contribution in [0.25, 0.3) is 0 Å². The Morgan fingerprint density at radius 2 is 1.40 bits per heavy atom. The molecule has 0 spiro atoms. The molecular weight excluding hydrogens is 264 g/mol. The van der Waals surface area contributed by atoms with Crippen LogP contribution >= 0.6 is 0 Å². The van der Waals surface area contributed by atoms with E-state index in [4.69, 9.17) is 0 Å². The number of phenolic OH excluding ortho intramolecular Hbond substituents is 4. The van der Waals surface area contributed by atoms with Crippen molar-refractivity contribution in [3.63, 3.8) is 0 Å². The molecule has 100 valence electrons. The second kappa shape index (κ2) is 3.74. The lowest BCUT2D eigenvalue weighted by Gasteiger charge is -2.19. The zero-order chi connectivity index (χ0) is 14.6. The van der Waals surface area contributed by atoms with Gasteiger partial charge in [0.15, 0.2) is 17.3 Å². The van der Waals surface area contributed by atoms with E-state index in [1.165, 1.54) is 18.2 Å². The molecule has 0 aromatic heterocycles. The summed E-state index contributed by atoms with van der Waals surface area (Å²) in [6.45, 7) is 0. The SMILES string of the molecule is O=C1c2cccc(O)c2C(=O)c2c1cc(O)c(O)c2O. The van der Waals surface area contributed by atoms with Crippen molar-refractivity contribution in [3.8, 4) is 23.0 Å². The highest BCUT2D eigenvalue weighted by Crippen LogP contribution is 2.44. The van der Waals surface area contributed by atoms with Gasteiger partial charge in [-0.1, -0.05) is 12.1 Å². The van der Waals surface area contributed by atoms with Crippen molar-refractivity contribution in [2.45, 2.75) is 0 Å². The summed E-state index contributed by atoms with van der Waals surface area (Å²) >= 11 is 0. The first-order valence-corrected chi connectivity index (χ1v) is 5.62. The van der Waals surface area contributed by atoms with Crippen molar-refractivity contribution in [1.82, 2.24) is 0 Å². The first-order valence-electron chi connectivity index (χ1n) is 5.62. The number of fused-ring (bicyclic) bond motifs is 2. The number of hydrogen-bond acceptors (Lipinski definition) is 6. The highest BCUT2D eigenvalue weighted by Gasteiger charge is 2.36. The molecule has 20 heavy (non-hydrogen) atoms. The maximum atomic E-state index is 12.3. The third-order valence-electron chi connectivity index (χ3n) is 3.24. The van der Waals surface area contributed by atoms with E-state index < -0.39 is 40.1 Å². The molecule has 0 atom stereocenters. The third-order valence-corrected chi connectivity index (χ3v) is 3.24. The standard InChI is InChI=1S/C14H8O6/c15-7-3-1-2-5-9(7)13(19)10-6(11(5)17)4-8(16)12(18)14(10)20/h1-4,15-16,18,20H. The number of benzene rings is 2. The van der Waals surface area contributed by atoms with Crippen LogP contribution in [0.15, 0.2) is 24.3 Å². The third kappa shape index (κ3) is 1.33. The van der Waals surface area contributed by atoms with Gasteiger partial charge < -0.3 is 20.4 Å². The van der Waals surface area contributed by atoms with Crippen molar-refractivity contribution in [2.75, 3.05) is 0 Å². The van der Waals surface area contributed by atoms with E-state index in [-0.39, 0.29) is 16.7 Å². The van der Waals surface area contributed by atoms with Gasteiger partial charge in [0.05, 0.1) is 11.1 Å². The molecule has 0 unspecified atom stereocenters.